The Morgan fingerprint density at radius 1 is 0.575 bits per heavy atom. The van der Waals surface area contributed by atoms with Gasteiger partial charge in [-0.2, -0.15) is 0 Å². The Bertz CT molecular complexity index is 1820. The third-order valence-electron chi connectivity index (χ3n) is 6.97. The first kappa shape index (κ1) is 25.7. The lowest BCUT2D eigenvalue weighted by molar-refractivity contribution is 0.318. The van der Waals surface area contributed by atoms with Crippen LogP contribution in [0.15, 0.2) is 107 Å². The van der Waals surface area contributed by atoms with E-state index in [9.17, 15) is 10.4 Å². The molecule has 0 unspecified atom stereocenters. The molecule has 40 heavy (non-hydrogen) atoms. The van der Waals surface area contributed by atoms with Gasteiger partial charge in [0.1, 0.15) is 0 Å². The van der Waals surface area contributed by atoms with Gasteiger partial charge < -0.3 is 10.4 Å². The van der Waals surface area contributed by atoms with Gasteiger partial charge in [0.15, 0.2) is 0 Å². The highest BCUT2D eigenvalue weighted by molar-refractivity contribution is 6.42. The Morgan fingerprint density at radius 2 is 0.975 bits per heavy atom. The summed E-state index contributed by atoms with van der Waals surface area (Å²) in [5.41, 5.74) is 4.66. The number of nitrogens with zero attached hydrogens (tertiary/aromatic N) is 4. The van der Waals surface area contributed by atoms with Gasteiger partial charge in [0, 0.05) is 24.0 Å². The molecule has 2 N–H and O–H groups in total. The van der Waals surface area contributed by atoms with Crippen molar-refractivity contribution in [3.8, 4) is 0 Å². The van der Waals surface area contributed by atoms with Gasteiger partial charge in [0.2, 0.25) is 0 Å². The van der Waals surface area contributed by atoms with Gasteiger partial charge in [-0.05, 0) is 33.7 Å². The van der Waals surface area contributed by atoms with E-state index in [1.54, 1.807) is 12.1 Å². The SMILES string of the molecule is O/N=C(\Cc1nc2cc(Cl)c(Cl)cc2nc1C/C(=N\O)c1cccc2ccccc12)c1cccc2ccccc12. The van der Waals surface area contributed by atoms with Gasteiger partial charge >= 0.3 is 0 Å². The summed E-state index contributed by atoms with van der Waals surface area (Å²) in [5, 5.41) is 32.3. The molecule has 5 aromatic carbocycles. The molecule has 0 amide bonds. The monoisotopic (exact) mass is 564 g/mol. The highest BCUT2D eigenvalue weighted by Crippen LogP contribution is 2.29. The van der Waals surface area contributed by atoms with E-state index in [0.29, 0.717) is 43.9 Å². The molecule has 0 aliphatic carbocycles. The number of hydrogen-bond acceptors (Lipinski definition) is 6. The standard InChI is InChI=1S/C32H22Cl2N4O2/c33-25-15-29-30(16-26(25)34)36-32(18-28(38-40)24-14-6-10-20-8-2-4-12-22(20)24)31(35-29)17-27(37-39)23-13-5-9-19-7-1-3-11-21(19)23/h1-16,39-40H,17-18H2/b37-27+,38-28+. The summed E-state index contributed by atoms with van der Waals surface area (Å²) in [6.45, 7) is 0. The van der Waals surface area contributed by atoms with Crippen LogP contribution < -0.4 is 0 Å². The van der Waals surface area contributed by atoms with Crippen molar-refractivity contribution in [3.05, 3.63) is 130 Å². The third-order valence-corrected chi connectivity index (χ3v) is 7.70. The van der Waals surface area contributed by atoms with Crippen molar-refractivity contribution >= 4 is 67.2 Å². The van der Waals surface area contributed by atoms with Crippen molar-refractivity contribution < 1.29 is 10.4 Å². The highest BCUT2D eigenvalue weighted by atomic mass is 35.5. The number of rotatable bonds is 6. The predicted octanol–water partition coefficient (Wildman–Crippen LogP) is 8.09. The lowest BCUT2D eigenvalue weighted by Gasteiger charge is -2.14. The van der Waals surface area contributed by atoms with Crippen molar-refractivity contribution in [3.63, 3.8) is 0 Å². The first-order valence-electron chi connectivity index (χ1n) is 12.6. The number of aromatic nitrogens is 2. The van der Waals surface area contributed by atoms with Crippen molar-refractivity contribution in [2.24, 2.45) is 10.3 Å². The Morgan fingerprint density at radius 3 is 1.40 bits per heavy atom. The van der Waals surface area contributed by atoms with Crippen LogP contribution in [0, 0.1) is 0 Å². The van der Waals surface area contributed by atoms with E-state index < -0.39 is 0 Å². The summed E-state index contributed by atoms with van der Waals surface area (Å²) in [4.78, 5) is 9.76. The van der Waals surface area contributed by atoms with Crippen LogP contribution in [-0.4, -0.2) is 31.8 Å². The van der Waals surface area contributed by atoms with Crippen LogP contribution in [0.1, 0.15) is 22.5 Å². The second-order valence-electron chi connectivity index (χ2n) is 9.37. The average Bonchev–Trinajstić information content (AvgIpc) is 2.99. The normalized spacial score (nSPS) is 12.4. The number of oxime groups is 2. The topological polar surface area (TPSA) is 91.0 Å². The van der Waals surface area contributed by atoms with Crippen LogP contribution in [0.5, 0.6) is 0 Å². The number of benzene rings is 5. The minimum Gasteiger partial charge on any atom is -0.411 e. The summed E-state index contributed by atoms with van der Waals surface area (Å²) >= 11 is 12.6. The molecule has 0 saturated carbocycles. The molecule has 0 aliphatic rings. The first-order valence-corrected chi connectivity index (χ1v) is 13.3. The van der Waals surface area contributed by atoms with Crippen molar-refractivity contribution in [2.45, 2.75) is 12.8 Å². The maximum atomic E-state index is 10.1. The smallest absolute Gasteiger partial charge is 0.0934 e. The summed E-state index contributed by atoms with van der Waals surface area (Å²) in [7, 11) is 0. The van der Waals surface area contributed by atoms with Gasteiger partial charge in [0.05, 0.1) is 43.9 Å². The predicted molar refractivity (Wildman–Crippen MR) is 162 cm³/mol. The maximum Gasteiger partial charge on any atom is 0.0934 e. The van der Waals surface area contributed by atoms with Gasteiger partial charge in [-0.25, -0.2) is 9.97 Å². The van der Waals surface area contributed by atoms with Crippen LogP contribution in [0.25, 0.3) is 32.6 Å². The molecule has 0 saturated heterocycles. The fraction of sp³-hybridized carbons (Fsp3) is 0.0625. The molecule has 0 bridgehead atoms. The van der Waals surface area contributed by atoms with Crippen molar-refractivity contribution in [1.82, 2.24) is 9.97 Å². The molecule has 6 nitrogen and oxygen atoms in total. The van der Waals surface area contributed by atoms with Crippen LogP contribution >= 0.6 is 23.2 Å². The highest BCUT2D eigenvalue weighted by Gasteiger charge is 2.19. The van der Waals surface area contributed by atoms with Gasteiger partial charge in [0.25, 0.3) is 0 Å². The number of fused-ring (bicyclic) bond motifs is 3. The molecule has 1 aromatic heterocycles. The van der Waals surface area contributed by atoms with Crippen LogP contribution in [0.4, 0.5) is 0 Å². The molecular formula is C32H22Cl2N4O2. The third kappa shape index (κ3) is 4.83. The van der Waals surface area contributed by atoms with Gasteiger partial charge in [-0.1, -0.05) is 118 Å². The molecule has 1 heterocycles. The second kappa shape index (κ2) is 10.9. The molecule has 8 heteroatoms. The quantitative estimate of drug-likeness (QED) is 0.121. The van der Waals surface area contributed by atoms with E-state index in [1.807, 2.05) is 84.9 Å². The lowest BCUT2D eigenvalue weighted by atomic mass is 9.95. The Kier molecular flexibility index (Phi) is 7.03. The number of hydrogen-bond donors (Lipinski definition) is 2. The summed E-state index contributed by atoms with van der Waals surface area (Å²) < 4.78 is 0. The largest absolute Gasteiger partial charge is 0.411 e. The molecule has 0 spiro atoms. The van der Waals surface area contributed by atoms with Crippen LogP contribution in [0.3, 0.4) is 0 Å². The molecular weight excluding hydrogens is 543 g/mol. The van der Waals surface area contributed by atoms with E-state index in [4.69, 9.17) is 33.2 Å². The molecule has 0 fully saturated rings. The molecule has 0 aliphatic heterocycles. The zero-order valence-electron chi connectivity index (χ0n) is 21.1. The van der Waals surface area contributed by atoms with E-state index in [-0.39, 0.29) is 12.8 Å². The zero-order chi connectivity index (χ0) is 27.6. The van der Waals surface area contributed by atoms with E-state index in [1.165, 1.54) is 0 Å². The Hall–Kier alpha value is -4.52. The Balaban J connectivity index is 1.48. The molecule has 0 radical (unpaired) electrons. The van der Waals surface area contributed by atoms with Crippen molar-refractivity contribution in [2.75, 3.05) is 0 Å². The van der Waals surface area contributed by atoms with Crippen molar-refractivity contribution in [1.29, 1.82) is 0 Å². The minimum absolute atomic E-state index is 0.178. The Labute approximate surface area is 239 Å². The summed E-state index contributed by atoms with van der Waals surface area (Å²) in [6, 6.07) is 30.8. The first-order chi connectivity index (χ1) is 19.6. The zero-order valence-corrected chi connectivity index (χ0v) is 22.6. The molecule has 6 rings (SSSR count). The van der Waals surface area contributed by atoms with Crippen LogP contribution in [-0.2, 0) is 12.8 Å². The van der Waals surface area contributed by atoms with E-state index >= 15 is 0 Å². The second-order valence-corrected chi connectivity index (χ2v) is 10.2. The van der Waals surface area contributed by atoms with Gasteiger partial charge in [-0.15, -0.1) is 0 Å². The molecule has 6 aromatic rings. The summed E-state index contributed by atoms with van der Waals surface area (Å²) in [5.74, 6) is 0. The molecule has 0 atom stereocenters. The number of halogens is 2. The van der Waals surface area contributed by atoms with E-state index in [0.717, 1.165) is 32.7 Å². The fourth-order valence-electron chi connectivity index (χ4n) is 5.05. The minimum atomic E-state index is 0.178. The maximum absolute atomic E-state index is 10.1. The van der Waals surface area contributed by atoms with E-state index in [2.05, 4.69) is 10.3 Å². The fourth-order valence-corrected chi connectivity index (χ4v) is 5.36. The summed E-state index contributed by atoms with van der Waals surface area (Å²) in [6.07, 6.45) is 0.356. The van der Waals surface area contributed by atoms with Gasteiger partial charge in [-0.3, -0.25) is 0 Å². The van der Waals surface area contributed by atoms with Crippen LogP contribution in [0.2, 0.25) is 10.0 Å². The molecule has 196 valence electrons. The average molecular weight is 565 g/mol. The lowest BCUT2D eigenvalue weighted by Crippen LogP contribution is -2.15.